The summed E-state index contributed by atoms with van der Waals surface area (Å²) in [5.74, 6) is 2.42. The van der Waals surface area contributed by atoms with Gasteiger partial charge in [-0.15, -0.1) is 6.42 Å². The highest BCUT2D eigenvalue weighted by molar-refractivity contribution is 4.86. The van der Waals surface area contributed by atoms with E-state index in [1.54, 1.807) is 0 Å². The van der Waals surface area contributed by atoms with Crippen molar-refractivity contribution >= 4 is 0 Å². The van der Waals surface area contributed by atoms with Crippen molar-refractivity contribution in [2.24, 2.45) is 0 Å². The number of ether oxygens (including phenoxy) is 1. The van der Waals surface area contributed by atoms with Gasteiger partial charge in [0.1, 0.15) is 0 Å². The number of hydrogen-bond acceptors (Lipinski definition) is 3. The quantitative estimate of drug-likeness (QED) is 0.407. The summed E-state index contributed by atoms with van der Waals surface area (Å²) in [4.78, 5) is 0. The first-order valence-electron chi connectivity index (χ1n) is 3.71. The number of nitrogens with one attached hydrogen (secondary N) is 1. The minimum atomic E-state index is -0.455. The fourth-order valence-electron chi connectivity index (χ4n) is 0.624. The van der Waals surface area contributed by atoms with Crippen molar-refractivity contribution < 1.29 is 9.84 Å². The minimum absolute atomic E-state index is 0.369. The lowest BCUT2D eigenvalue weighted by Crippen LogP contribution is -2.30. The zero-order valence-electron chi connectivity index (χ0n) is 6.84. The van der Waals surface area contributed by atoms with Crippen LogP contribution in [0, 0.1) is 12.3 Å². The first-order valence-corrected chi connectivity index (χ1v) is 3.71. The van der Waals surface area contributed by atoms with Crippen LogP contribution in [-0.2, 0) is 4.74 Å². The molecule has 0 fully saturated rings. The average molecular weight is 157 g/mol. The molecule has 0 aromatic rings. The largest absolute Gasteiger partial charge is 0.389 e. The van der Waals surface area contributed by atoms with E-state index in [0.717, 1.165) is 0 Å². The van der Waals surface area contributed by atoms with Gasteiger partial charge in [0.05, 0.1) is 19.3 Å². The molecule has 0 spiro atoms. The molecule has 0 aliphatic heterocycles. The molecule has 0 aliphatic carbocycles. The van der Waals surface area contributed by atoms with Crippen molar-refractivity contribution in [3.8, 4) is 12.3 Å². The van der Waals surface area contributed by atoms with Crippen LogP contribution in [0.2, 0.25) is 0 Å². The van der Waals surface area contributed by atoms with E-state index in [4.69, 9.17) is 16.3 Å². The third-order valence-corrected chi connectivity index (χ3v) is 1.12. The predicted molar refractivity (Wildman–Crippen MR) is 44.2 cm³/mol. The normalized spacial score (nSPS) is 12.5. The van der Waals surface area contributed by atoms with Gasteiger partial charge in [0.25, 0.3) is 0 Å². The van der Waals surface area contributed by atoms with Crippen molar-refractivity contribution in [1.82, 2.24) is 5.32 Å². The second-order valence-corrected chi connectivity index (χ2v) is 2.15. The van der Waals surface area contributed by atoms with Crippen molar-refractivity contribution in [2.75, 3.05) is 26.3 Å². The summed E-state index contributed by atoms with van der Waals surface area (Å²) >= 11 is 0. The molecule has 0 saturated carbocycles. The second kappa shape index (κ2) is 7.55. The molecular weight excluding hydrogens is 142 g/mol. The maximum atomic E-state index is 9.15. The van der Waals surface area contributed by atoms with Crippen LogP contribution in [0.1, 0.15) is 6.92 Å². The van der Waals surface area contributed by atoms with Gasteiger partial charge in [-0.2, -0.15) is 0 Å². The van der Waals surface area contributed by atoms with Crippen LogP contribution in [0.15, 0.2) is 0 Å². The first-order chi connectivity index (χ1) is 5.31. The molecule has 0 rings (SSSR count). The Labute approximate surface area is 67.8 Å². The highest BCUT2D eigenvalue weighted by atomic mass is 16.5. The van der Waals surface area contributed by atoms with Gasteiger partial charge < -0.3 is 15.2 Å². The van der Waals surface area contributed by atoms with Crippen molar-refractivity contribution in [2.45, 2.75) is 13.0 Å². The summed E-state index contributed by atoms with van der Waals surface area (Å²) < 4.78 is 4.98. The smallest absolute Gasteiger partial charge is 0.0897 e. The summed E-state index contributed by atoms with van der Waals surface area (Å²) in [5, 5.41) is 12.0. The van der Waals surface area contributed by atoms with Crippen LogP contribution in [0.25, 0.3) is 0 Å². The maximum Gasteiger partial charge on any atom is 0.0897 e. The third-order valence-electron chi connectivity index (χ3n) is 1.12. The Balaban J connectivity index is 3.10. The standard InChI is InChI=1S/C8H15NO2/c1-3-5-9-6-8(10)7-11-4-2/h1,8-10H,4-7H2,2H3. The molecule has 64 valence electrons. The van der Waals surface area contributed by atoms with Crippen LogP contribution < -0.4 is 5.32 Å². The van der Waals surface area contributed by atoms with Crippen molar-refractivity contribution in [1.29, 1.82) is 0 Å². The fraction of sp³-hybridized carbons (Fsp3) is 0.750. The average Bonchev–Trinajstić information content (AvgIpc) is 2.01. The molecule has 1 unspecified atom stereocenters. The molecule has 0 aromatic heterocycles. The van der Waals surface area contributed by atoms with E-state index < -0.39 is 6.10 Å². The van der Waals surface area contributed by atoms with E-state index in [1.807, 2.05) is 6.92 Å². The van der Waals surface area contributed by atoms with E-state index in [-0.39, 0.29) is 0 Å². The second-order valence-electron chi connectivity index (χ2n) is 2.15. The molecule has 0 heterocycles. The van der Waals surface area contributed by atoms with E-state index >= 15 is 0 Å². The predicted octanol–water partition coefficient (Wildman–Crippen LogP) is -0.393. The highest BCUT2D eigenvalue weighted by Crippen LogP contribution is 1.82. The van der Waals surface area contributed by atoms with Crippen molar-refractivity contribution in [3.05, 3.63) is 0 Å². The Hall–Kier alpha value is -0.560. The van der Waals surface area contributed by atoms with Crippen LogP contribution in [0.3, 0.4) is 0 Å². The number of terminal acetylenes is 1. The molecule has 2 N–H and O–H groups in total. The monoisotopic (exact) mass is 157 g/mol. The molecular formula is C8H15NO2. The number of aliphatic hydroxyl groups excluding tert-OH is 1. The van der Waals surface area contributed by atoms with Gasteiger partial charge in [-0.05, 0) is 6.92 Å². The Morgan fingerprint density at radius 1 is 1.73 bits per heavy atom. The van der Waals surface area contributed by atoms with Gasteiger partial charge in [-0.25, -0.2) is 0 Å². The topological polar surface area (TPSA) is 41.5 Å². The Morgan fingerprint density at radius 2 is 2.45 bits per heavy atom. The maximum absolute atomic E-state index is 9.15. The number of aliphatic hydroxyl groups is 1. The van der Waals surface area contributed by atoms with E-state index in [2.05, 4.69) is 11.2 Å². The molecule has 3 nitrogen and oxygen atoms in total. The van der Waals surface area contributed by atoms with Gasteiger partial charge >= 0.3 is 0 Å². The van der Waals surface area contributed by atoms with Crippen molar-refractivity contribution in [3.63, 3.8) is 0 Å². The SMILES string of the molecule is C#CCNCC(O)COCC. The van der Waals surface area contributed by atoms with Gasteiger partial charge in [0.2, 0.25) is 0 Å². The van der Waals surface area contributed by atoms with Gasteiger partial charge in [-0.1, -0.05) is 5.92 Å². The zero-order chi connectivity index (χ0) is 8.53. The van der Waals surface area contributed by atoms with Gasteiger partial charge in [-0.3, -0.25) is 0 Å². The van der Waals surface area contributed by atoms with Gasteiger partial charge in [0.15, 0.2) is 0 Å². The Kier molecular flexibility index (Phi) is 7.16. The Bertz CT molecular complexity index is 120. The fourth-order valence-corrected chi connectivity index (χ4v) is 0.624. The highest BCUT2D eigenvalue weighted by Gasteiger charge is 2.00. The Morgan fingerprint density at radius 3 is 3.00 bits per heavy atom. The molecule has 1 atom stereocenters. The molecule has 0 bridgehead atoms. The summed E-state index contributed by atoms with van der Waals surface area (Å²) in [6, 6.07) is 0. The van der Waals surface area contributed by atoms with Crippen LogP contribution >= 0.6 is 0 Å². The molecule has 0 radical (unpaired) electrons. The van der Waals surface area contributed by atoms with Crippen LogP contribution in [-0.4, -0.2) is 37.5 Å². The van der Waals surface area contributed by atoms with Crippen LogP contribution in [0.5, 0.6) is 0 Å². The van der Waals surface area contributed by atoms with Gasteiger partial charge in [0, 0.05) is 13.2 Å². The molecule has 3 heteroatoms. The molecule has 0 saturated heterocycles. The minimum Gasteiger partial charge on any atom is -0.389 e. The van der Waals surface area contributed by atoms with Crippen LogP contribution in [0.4, 0.5) is 0 Å². The van der Waals surface area contributed by atoms with E-state index in [9.17, 15) is 0 Å². The number of hydrogen-bond donors (Lipinski definition) is 2. The lowest BCUT2D eigenvalue weighted by molar-refractivity contribution is 0.0434. The third kappa shape index (κ3) is 7.34. The number of rotatable bonds is 6. The lowest BCUT2D eigenvalue weighted by Gasteiger charge is -2.09. The summed E-state index contributed by atoms with van der Waals surface area (Å²) in [5.41, 5.74) is 0. The van der Waals surface area contributed by atoms with E-state index in [0.29, 0.717) is 26.3 Å². The summed E-state index contributed by atoms with van der Waals surface area (Å²) in [6.07, 6.45) is 4.53. The molecule has 0 amide bonds. The first kappa shape index (κ1) is 10.4. The lowest BCUT2D eigenvalue weighted by atomic mass is 10.4. The molecule has 11 heavy (non-hydrogen) atoms. The van der Waals surface area contributed by atoms with E-state index in [1.165, 1.54) is 0 Å². The molecule has 0 aromatic carbocycles. The zero-order valence-corrected chi connectivity index (χ0v) is 6.84. The summed E-state index contributed by atoms with van der Waals surface area (Å²) in [7, 11) is 0. The summed E-state index contributed by atoms with van der Waals surface area (Å²) in [6.45, 7) is 3.87. The molecule has 0 aliphatic rings.